The second-order valence-corrected chi connectivity index (χ2v) is 5.14. The fraction of sp³-hybridized carbons (Fsp3) is 0.571. The molecule has 0 aliphatic carbocycles. The minimum Gasteiger partial charge on any atom is -0.322 e. The number of hydrogen-bond donors (Lipinski definition) is 1. The molecular formula is C14H21N3O. The van der Waals surface area contributed by atoms with Gasteiger partial charge in [-0.15, -0.1) is 0 Å². The van der Waals surface area contributed by atoms with Crippen molar-refractivity contribution in [3.63, 3.8) is 0 Å². The Morgan fingerprint density at radius 2 is 2.17 bits per heavy atom. The SMILES string of the molecule is Cc1cc(C)nc(NC(=O)N2CCCC[C@@H]2C)c1. The Hall–Kier alpha value is -1.58. The Morgan fingerprint density at radius 3 is 2.83 bits per heavy atom. The monoisotopic (exact) mass is 247 g/mol. The molecule has 1 atom stereocenters. The van der Waals surface area contributed by atoms with E-state index < -0.39 is 0 Å². The molecule has 1 aromatic rings. The van der Waals surface area contributed by atoms with Crippen LogP contribution in [0.2, 0.25) is 0 Å². The first-order chi connectivity index (χ1) is 8.56. The van der Waals surface area contributed by atoms with E-state index in [0.717, 1.165) is 30.6 Å². The molecule has 2 heterocycles. The Morgan fingerprint density at radius 1 is 1.39 bits per heavy atom. The van der Waals surface area contributed by atoms with E-state index in [0.29, 0.717) is 11.9 Å². The topological polar surface area (TPSA) is 45.2 Å². The molecule has 0 aromatic carbocycles. The lowest BCUT2D eigenvalue weighted by Crippen LogP contribution is -2.44. The first kappa shape index (κ1) is 12.9. The van der Waals surface area contributed by atoms with Crippen LogP contribution >= 0.6 is 0 Å². The molecule has 1 N–H and O–H groups in total. The van der Waals surface area contributed by atoms with Crippen LogP contribution in [0.1, 0.15) is 37.4 Å². The highest BCUT2D eigenvalue weighted by atomic mass is 16.2. The number of anilines is 1. The largest absolute Gasteiger partial charge is 0.323 e. The van der Waals surface area contributed by atoms with Crippen molar-refractivity contribution < 1.29 is 4.79 Å². The number of hydrogen-bond acceptors (Lipinski definition) is 2. The van der Waals surface area contributed by atoms with Gasteiger partial charge in [0, 0.05) is 18.3 Å². The molecule has 4 nitrogen and oxygen atoms in total. The number of aromatic nitrogens is 1. The number of pyridine rings is 1. The number of likely N-dealkylation sites (tertiary alicyclic amines) is 1. The summed E-state index contributed by atoms with van der Waals surface area (Å²) >= 11 is 0. The second-order valence-electron chi connectivity index (χ2n) is 5.14. The van der Waals surface area contributed by atoms with E-state index in [4.69, 9.17) is 0 Å². The fourth-order valence-corrected chi connectivity index (χ4v) is 2.49. The van der Waals surface area contributed by atoms with Crippen molar-refractivity contribution in [1.29, 1.82) is 0 Å². The average Bonchev–Trinajstić information content (AvgIpc) is 2.27. The first-order valence-corrected chi connectivity index (χ1v) is 6.59. The molecule has 0 radical (unpaired) electrons. The van der Waals surface area contributed by atoms with Crippen LogP contribution in [-0.2, 0) is 0 Å². The number of piperidine rings is 1. The molecule has 1 aliphatic rings. The molecule has 4 heteroatoms. The van der Waals surface area contributed by atoms with Crippen molar-refractivity contribution in [2.24, 2.45) is 0 Å². The lowest BCUT2D eigenvalue weighted by atomic mass is 10.0. The second kappa shape index (κ2) is 5.38. The molecular weight excluding hydrogens is 226 g/mol. The minimum absolute atomic E-state index is 0.0281. The van der Waals surface area contributed by atoms with Crippen LogP contribution in [0.15, 0.2) is 12.1 Å². The Labute approximate surface area is 108 Å². The maximum absolute atomic E-state index is 12.2. The predicted octanol–water partition coefficient (Wildman–Crippen LogP) is 3.10. The molecule has 18 heavy (non-hydrogen) atoms. The third kappa shape index (κ3) is 3.00. The van der Waals surface area contributed by atoms with Gasteiger partial charge in [-0.05, 0) is 57.7 Å². The summed E-state index contributed by atoms with van der Waals surface area (Å²) in [5, 5.41) is 2.90. The minimum atomic E-state index is -0.0281. The zero-order chi connectivity index (χ0) is 13.1. The van der Waals surface area contributed by atoms with Gasteiger partial charge in [0.2, 0.25) is 0 Å². The summed E-state index contributed by atoms with van der Waals surface area (Å²) in [6, 6.07) is 4.20. The maximum Gasteiger partial charge on any atom is 0.323 e. The number of nitrogens with zero attached hydrogens (tertiary/aromatic N) is 2. The van der Waals surface area contributed by atoms with E-state index >= 15 is 0 Å². The first-order valence-electron chi connectivity index (χ1n) is 6.59. The van der Waals surface area contributed by atoms with Crippen LogP contribution < -0.4 is 5.32 Å². The molecule has 2 amide bonds. The van der Waals surface area contributed by atoms with E-state index in [1.807, 2.05) is 30.9 Å². The van der Waals surface area contributed by atoms with Crippen LogP contribution in [0.5, 0.6) is 0 Å². The van der Waals surface area contributed by atoms with E-state index in [2.05, 4.69) is 17.2 Å². The number of rotatable bonds is 1. The molecule has 98 valence electrons. The molecule has 0 unspecified atom stereocenters. The van der Waals surface area contributed by atoms with Gasteiger partial charge in [0.1, 0.15) is 5.82 Å². The number of carbonyl (C=O) groups is 1. The predicted molar refractivity (Wildman–Crippen MR) is 72.7 cm³/mol. The van der Waals surface area contributed by atoms with E-state index in [1.54, 1.807) is 0 Å². The molecule has 1 fully saturated rings. The standard InChI is InChI=1S/C14H21N3O/c1-10-8-11(2)15-13(9-10)16-14(18)17-7-5-4-6-12(17)3/h8-9,12H,4-7H2,1-3H3,(H,15,16,18)/t12-/m0/s1. The zero-order valence-corrected chi connectivity index (χ0v) is 11.4. The number of urea groups is 1. The highest BCUT2D eigenvalue weighted by molar-refractivity contribution is 5.88. The van der Waals surface area contributed by atoms with Crippen LogP contribution in [0, 0.1) is 13.8 Å². The molecule has 1 aromatic heterocycles. The summed E-state index contributed by atoms with van der Waals surface area (Å²) in [5.41, 5.74) is 2.04. The Bertz CT molecular complexity index is 424. The maximum atomic E-state index is 12.2. The molecule has 1 saturated heterocycles. The van der Waals surface area contributed by atoms with E-state index in [9.17, 15) is 4.79 Å². The van der Waals surface area contributed by atoms with Crippen LogP contribution in [0.25, 0.3) is 0 Å². The molecule has 0 saturated carbocycles. The van der Waals surface area contributed by atoms with Crippen molar-refractivity contribution >= 4 is 11.8 Å². The number of nitrogens with one attached hydrogen (secondary N) is 1. The van der Waals surface area contributed by atoms with Crippen molar-refractivity contribution in [1.82, 2.24) is 9.88 Å². The highest BCUT2D eigenvalue weighted by Crippen LogP contribution is 2.18. The van der Waals surface area contributed by atoms with Gasteiger partial charge in [-0.25, -0.2) is 9.78 Å². The van der Waals surface area contributed by atoms with Crippen molar-refractivity contribution in [3.05, 3.63) is 23.4 Å². The van der Waals surface area contributed by atoms with Gasteiger partial charge in [-0.3, -0.25) is 5.32 Å². The average molecular weight is 247 g/mol. The van der Waals surface area contributed by atoms with Gasteiger partial charge >= 0.3 is 6.03 Å². The molecule has 1 aliphatic heterocycles. The molecule has 0 bridgehead atoms. The zero-order valence-electron chi connectivity index (χ0n) is 11.4. The van der Waals surface area contributed by atoms with Crippen molar-refractivity contribution in [3.8, 4) is 0 Å². The normalized spacial score (nSPS) is 19.7. The van der Waals surface area contributed by atoms with Gasteiger partial charge in [0.05, 0.1) is 0 Å². The van der Waals surface area contributed by atoms with Gasteiger partial charge in [0.25, 0.3) is 0 Å². The van der Waals surface area contributed by atoms with Crippen LogP contribution in [0.4, 0.5) is 10.6 Å². The van der Waals surface area contributed by atoms with Crippen LogP contribution in [0.3, 0.4) is 0 Å². The number of carbonyl (C=O) groups excluding carboxylic acids is 1. The summed E-state index contributed by atoms with van der Waals surface area (Å²) in [5.74, 6) is 0.648. The van der Waals surface area contributed by atoms with Gasteiger partial charge in [-0.2, -0.15) is 0 Å². The third-order valence-electron chi connectivity index (χ3n) is 3.40. The van der Waals surface area contributed by atoms with Crippen LogP contribution in [-0.4, -0.2) is 28.5 Å². The fourth-order valence-electron chi connectivity index (χ4n) is 2.49. The summed E-state index contributed by atoms with van der Waals surface area (Å²) in [7, 11) is 0. The summed E-state index contributed by atoms with van der Waals surface area (Å²) in [6.45, 7) is 6.89. The van der Waals surface area contributed by atoms with Crippen molar-refractivity contribution in [2.75, 3.05) is 11.9 Å². The lowest BCUT2D eigenvalue weighted by molar-refractivity contribution is 0.170. The Balaban J connectivity index is 2.06. The van der Waals surface area contributed by atoms with Gasteiger partial charge < -0.3 is 4.90 Å². The number of aryl methyl sites for hydroxylation is 2. The summed E-state index contributed by atoms with van der Waals surface area (Å²) in [6.07, 6.45) is 3.40. The highest BCUT2D eigenvalue weighted by Gasteiger charge is 2.23. The van der Waals surface area contributed by atoms with Crippen molar-refractivity contribution in [2.45, 2.75) is 46.1 Å². The summed E-state index contributed by atoms with van der Waals surface area (Å²) < 4.78 is 0. The van der Waals surface area contributed by atoms with Gasteiger partial charge in [-0.1, -0.05) is 0 Å². The third-order valence-corrected chi connectivity index (χ3v) is 3.40. The van der Waals surface area contributed by atoms with E-state index in [1.165, 1.54) is 6.42 Å². The smallest absolute Gasteiger partial charge is 0.322 e. The van der Waals surface area contributed by atoms with Gasteiger partial charge in [0.15, 0.2) is 0 Å². The lowest BCUT2D eigenvalue weighted by Gasteiger charge is -2.33. The number of amides is 2. The Kier molecular flexibility index (Phi) is 3.84. The summed E-state index contributed by atoms with van der Waals surface area (Å²) in [4.78, 5) is 18.4. The molecule has 0 spiro atoms. The quantitative estimate of drug-likeness (QED) is 0.828. The van der Waals surface area contributed by atoms with E-state index in [-0.39, 0.29) is 6.03 Å². The molecule has 2 rings (SSSR count).